The molecule has 3 nitrogen and oxygen atoms in total. The molecule has 2 rings (SSSR count). The van der Waals surface area contributed by atoms with Crippen LogP contribution in [0.5, 0.6) is 0 Å². The lowest BCUT2D eigenvalue weighted by molar-refractivity contribution is 0.260. The summed E-state index contributed by atoms with van der Waals surface area (Å²) in [4.78, 5) is 2.28. The van der Waals surface area contributed by atoms with Crippen molar-refractivity contribution >= 4 is 17.3 Å². The molecule has 4 heteroatoms. The van der Waals surface area contributed by atoms with Gasteiger partial charge in [-0.05, 0) is 43.7 Å². The van der Waals surface area contributed by atoms with E-state index in [9.17, 15) is 5.11 Å². The first-order valence-electron chi connectivity index (χ1n) is 6.06. The van der Waals surface area contributed by atoms with Crippen molar-refractivity contribution in [2.45, 2.75) is 19.4 Å². The van der Waals surface area contributed by atoms with Crippen molar-refractivity contribution in [2.75, 3.05) is 31.1 Å². The minimum Gasteiger partial charge on any atom is -0.394 e. The van der Waals surface area contributed by atoms with Crippen LogP contribution in [0, 0.1) is 6.92 Å². The zero-order valence-corrected chi connectivity index (χ0v) is 10.9. The molecule has 1 atom stereocenters. The van der Waals surface area contributed by atoms with Crippen LogP contribution < -0.4 is 10.2 Å². The summed E-state index contributed by atoms with van der Waals surface area (Å²) in [5.41, 5.74) is 2.34. The fourth-order valence-corrected chi connectivity index (χ4v) is 2.58. The molecule has 0 bridgehead atoms. The van der Waals surface area contributed by atoms with E-state index in [0.29, 0.717) is 0 Å². The molecular formula is C13H19ClN2O. The molecule has 2 N–H and O–H groups in total. The molecule has 1 aromatic carbocycles. The SMILES string of the molecule is Cc1cc(Cl)ccc1N1CCCNCC1CO. The summed E-state index contributed by atoms with van der Waals surface area (Å²) in [6.45, 7) is 5.06. The van der Waals surface area contributed by atoms with Crippen LogP contribution in [-0.4, -0.2) is 37.4 Å². The first kappa shape index (κ1) is 12.7. The predicted octanol–water partition coefficient (Wildman–Crippen LogP) is 1.81. The Kier molecular flexibility index (Phi) is 4.26. The highest BCUT2D eigenvalue weighted by Crippen LogP contribution is 2.25. The highest BCUT2D eigenvalue weighted by atomic mass is 35.5. The number of hydrogen-bond acceptors (Lipinski definition) is 3. The number of nitrogens with one attached hydrogen (secondary N) is 1. The first-order valence-corrected chi connectivity index (χ1v) is 6.44. The Labute approximate surface area is 107 Å². The van der Waals surface area contributed by atoms with Crippen molar-refractivity contribution in [3.8, 4) is 0 Å². The summed E-state index contributed by atoms with van der Waals surface area (Å²) in [5.74, 6) is 0. The predicted molar refractivity (Wildman–Crippen MR) is 71.9 cm³/mol. The number of anilines is 1. The topological polar surface area (TPSA) is 35.5 Å². The number of aliphatic hydroxyl groups is 1. The molecule has 0 spiro atoms. The molecule has 1 aliphatic heterocycles. The van der Waals surface area contributed by atoms with Crippen LogP contribution in [-0.2, 0) is 0 Å². The second kappa shape index (κ2) is 5.71. The third kappa shape index (κ3) is 2.92. The van der Waals surface area contributed by atoms with Gasteiger partial charge in [0.1, 0.15) is 0 Å². The number of nitrogens with zero attached hydrogens (tertiary/aromatic N) is 1. The quantitative estimate of drug-likeness (QED) is 0.845. The van der Waals surface area contributed by atoms with Crippen LogP contribution in [0.1, 0.15) is 12.0 Å². The van der Waals surface area contributed by atoms with Crippen molar-refractivity contribution in [3.05, 3.63) is 28.8 Å². The molecule has 1 saturated heterocycles. The maximum Gasteiger partial charge on any atom is 0.0647 e. The fourth-order valence-electron chi connectivity index (χ4n) is 2.36. The van der Waals surface area contributed by atoms with Crippen LogP contribution in [0.3, 0.4) is 0 Å². The Balaban J connectivity index is 2.28. The molecule has 1 heterocycles. The smallest absolute Gasteiger partial charge is 0.0647 e. The van der Waals surface area contributed by atoms with E-state index in [4.69, 9.17) is 11.6 Å². The van der Waals surface area contributed by atoms with Crippen molar-refractivity contribution in [3.63, 3.8) is 0 Å². The van der Waals surface area contributed by atoms with Crippen molar-refractivity contribution in [2.24, 2.45) is 0 Å². The van der Waals surface area contributed by atoms with E-state index in [1.165, 1.54) is 5.69 Å². The van der Waals surface area contributed by atoms with Gasteiger partial charge in [-0.3, -0.25) is 0 Å². The second-order valence-electron chi connectivity index (χ2n) is 4.52. The van der Waals surface area contributed by atoms with Gasteiger partial charge < -0.3 is 15.3 Å². The number of hydrogen-bond donors (Lipinski definition) is 2. The normalized spacial score (nSPS) is 21.4. The highest BCUT2D eigenvalue weighted by Gasteiger charge is 2.21. The van der Waals surface area contributed by atoms with Crippen LogP contribution in [0.4, 0.5) is 5.69 Å². The molecule has 17 heavy (non-hydrogen) atoms. The molecular weight excluding hydrogens is 236 g/mol. The van der Waals surface area contributed by atoms with E-state index < -0.39 is 0 Å². The van der Waals surface area contributed by atoms with Crippen molar-refractivity contribution in [1.29, 1.82) is 0 Å². The van der Waals surface area contributed by atoms with E-state index in [2.05, 4.69) is 17.1 Å². The Morgan fingerprint density at radius 1 is 1.53 bits per heavy atom. The largest absolute Gasteiger partial charge is 0.394 e. The molecule has 94 valence electrons. The van der Waals surface area contributed by atoms with E-state index in [1.54, 1.807) is 0 Å². The molecule has 1 aromatic rings. The van der Waals surface area contributed by atoms with E-state index in [1.807, 2.05) is 18.2 Å². The van der Waals surface area contributed by atoms with Gasteiger partial charge in [0, 0.05) is 23.8 Å². The monoisotopic (exact) mass is 254 g/mol. The minimum atomic E-state index is 0.150. The van der Waals surface area contributed by atoms with Gasteiger partial charge in [-0.2, -0.15) is 0 Å². The van der Waals surface area contributed by atoms with E-state index in [-0.39, 0.29) is 12.6 Å². The summed E-state index contributed by atoms with van der Waals surface area (Å²) in [7, 11) is 0. The average Bonchev–Trinajstić information content (AvgIpc) is 2.54. The van der Waals surface area contributed by atoms with Gasteiger partial charge in [-0.1, -0.05) is 11.6 Å². The average molecular weight is 255 g/mol. The molecule has 1 aliphatic rings. The van der Waals surface area contributed by atoms with Gasteiger partial charge in [0.2, 0.25) is 0 Å². The summed E-state index contributed by atoms with van der Waals surface area (Å²) >= 11 is 5.98. The maximum absolute atomic E-state index is 9.49. The lowest BCUT2D eigenvalue weighted by Gasteiger charge is -2.31. The summed E-state index contributed by atoms with van der Waals surface area (Å²) in [5, 5.41) is 13.6. The van der Waals surface area contributed by atoms with Gasteiger partial charge >= 0.3 is 0 Å². The van der Waals surface area contributed by atoms with Crippen LogP contribution in [0.25, 0.3) is 0 Å². The number of benzene rings is 1. The fraction of sp³-hybridized carbons (Fsp3) is 0.538. The van der Waals surface area contributed by atoms with Crippen LogP contribution in [0.15, 0.2) is 18.2 Å². The number of halogens is 1. The second-order valence-corrected chi connectivity index (χ2v) is 4.95. The van der Waals surface area contributed by atoms with Crippen LogP contribution in [0.2, 0.25) is 5.02 Å². The first-order chi connectivity index (χ1) is 8.22. The zero-order chi connectivity index (χ0) is 12.3. The van der Waals surface area contributed by atoms with Crippen molar-refractivity contribution < 1.29 is 5.11 Å². The highest BCUT2D eigenvalue weighted by molar-refractivity contribution is 6.30. The summed E-state index contributed by atoms with van der Waals surface area (Å²) in [6.07, 6.45) is 1.10. The maximum atomic E-state index is 9.49. The number of rotatable bonds is 2. The van der Waals surface area contributed by atoms with Crippen LogP contribution >= 0.6 is 11.6 Å². The van der Waals surface area contributed by atoms with Gasteiger partial charge in [0.05, 0.1) is 12.6 Å². The van der Waals surface area contributed by atoms with Gasteiger partial charge in [-0.15, -0.1) is 0 Å². The van der Waals surface area contributed by atoms with Gasteiger partial charge in [0.15, 0.2) is 0 Å². The molecule has 0 saturated carbocycles. The van der Waals surface area contributed by atoms with E-state index >= 15 is 0 Å². The molecule has 1 unspecified atom stereocenters. The Bertz CT molecular complexity index is 384. The van der Waals surface area contributed by atoms with Crippen molar-refractivity contribution in [1.82, 2.24) is 5.32 Å². The van der Waals surface area contributed by atoms with E-state index in [0.717, 1.165) is 36.6 Å². The van der Waals surface area contributed by atoms with Gasteiger partial charge in [-0.25, -0.2) is 0 Å². The lowest BCUT2D eigenvalue weighted by Crippen LogP contribution is -2.42. The Morgan fingerprint density at radius 3 is 3.06 bits per heavy atom. The summed E-state index contributed by atoms with van der Waals surface area (Å²) < 4.78 is 0. The minimum absolute atomic E-state index is 0.150. The third-order valence-electron chi connectivity index (χ3n) is 3.25. The molecule has 0 aromatic heterocycles. The molecule has 1 fully saturated rings. The molecule has 0 aliphatic carbocycles. The number of aryl methyl sites for hydroxylation is 1. The molecule has 0 amide bonds. The zero-order valence-electron chi connectivity index (χ0n) is 10.1. The number of aliphatic hydroxyl groups excluding tert-OH is 1. The molecule has 0 radical (unpaired) electrons. The Hall–Kier alpha value is -0.770. The Morgan fingerprint density at radius 2 is 2.35 bits per heavy atom. The third-order valence-corrected chi connectivity index (χ3v) is 3.49. The lowest BCUT2D eigenvalue weighted by atomic mass is 10.1. The summed E-state index contributed by atoms with van der Waals surface area (Å²) in [6, 6.07) is 6.09. The van der Waals surface area contributed by atoms with Gasteiger partial charge in [0.25, 0.3) is 0 Å². The standard InChI is InChI=1S/C13H19ClN2O/c1-10-7-11(14)3-4-13(10)16-6-2-5-15-8-12(16)9-17/h3-4,7,12,15,17H,2,5-6,8-9H2,1H3.